The van der Waals surface area contributed by atoms with Crippen molar-refractivity contribution >= 4 is 10.0 Å². The smallest absolute Gasteiger partial charge is 0.243 e. The third-order valence-electron chi connectivity index (χ3n) is 3.28. The van der Waals surface area contributed by atoms with E-state index in [1.165, 1.54) is 16.4 Å². The highest BCUT2D eigenvalue weighted by atomic mass is 32.2. The van der Waals surface area contributed by atoms with Gasteiger partial charge < -0.3 is 14.6 Å². The fourth-order valence-corrected chi connectivity index (χ4v) is 3.77. The van der Waals surface area contributed by atoms with Gasteiger partial charge >= 0.3 is 0 Å². The van der Waals surface area contributed by atoms with Crippen LogP contribution in [-0.4, -0.2) is 50.2 Å². The number of ether oxygens (including phenoxy) is 2. The molecule has 0 amide bonds. The van der Waals surface area contributed by atoms with E-state index in [1.807, 2.05) is 0 Å². The minimum atomic E-state index is -3.57. The topological polar surface area (TPSA) is 76.1 Å². The molecule has 1 fully saturated rings. The quantitative estimate of drug-likeness (QED) is 0.841. The molecule has 6 nitrogen and oxygen atoms in total. The molecule has 0 spiro atoms. The monoisotopic (exact) mass is 285 g/mol. The predicted molar refractivity (Wildman–Crippen MR) is 66.8 cm³/mol. The maximum absolute atomic E-state index is 12.4. The van der Waals surface area contributed by atoms with Crippen molar-refractivity contribution in [1.82, 2.24) is 4.31 Å². The van der Waals surface area contributed by atoms with Crippen LogP contribution in [0.4, 0.5) is 0 Å². The number of hydrogen-bond acceptors (Lipinski definition) is 5. The van der Waals surface area contributed by atoms with Gasteiger partial charge in [-0.25, -0.2) is 8.42 Å². The Labute approximate surface area is 111 Å². The first-order chi connectivity index (χ1) is 9.07. The van der Waals surface area contributed by atoms with E-state index < -0.39 is 16.1 Å². The number of nitrogens with zero attached hydrogens (tertiary/aromatic N) is 1. The predicted octanol–water partition coefficient (Wildman–Crippen LogP) is 0.213. The summed E-state index contributed by atoms with van der Waals surface area (Å²) in [6.45, 7) is 1.38. The van der Waals surface area contributed by atoms with E-state index in [0.717, 1.165) is 0 Å². The zero-order valence-electron chi connectivity index (χ0n) is 10.3. The van der Waals surface area contributed by atoms with Gasteiger partial charge in [0.1, 0.15) is 13.2 Å². The summed E-state index contributed by atoms with van der Waals surface area (Å²) >= 11 is 0. The van der Waals surface area contributed by atoms with Gasteiger partial charge in [-0.3, -0.25) is 0 Å². The van der Waals surface area contributed by atoms with Gasteiger partial charge in [-0.2, -0.15) is 4.31 Å². The molecular formula is C12H15NO5S. The van der Waals surface area contributed by atoms with E-state index >= 15 is 0 Å². The lowest BCUT2D eigenvalue weighted by Crippen LogP contribution is -2.29. The minimum Gasteiger partial charge on any atom is -0.486 e. The van der Waals surface area contributed by atoms with Gasteiger partial charge in [-0.1, -0.05) is 0 Å². The highest BCUT2D eigenvalue weighted by Crippen LogP contribution is 2.33. The van der Waals surface area contributed by atoms with Crippen LogP contribution in [0.2, 0.25) is 0 Å². The van der Waals surface area contributed by atoms with Gasteiger partial charge in [-0.05, 0) is 18.6 Å². The highest BCUT2D eigenvalue weighted by Gasteiger charge is 2.32. The van der Waals surface area contributed by atoms with Crippen LogP contribution in [0.3, 0.4) is 0 Å². The normalized spacial score (nSPS) is 23.5. The van der Waals surface area contributed by atoms with E-state index in [1.54, 1.807) is 6.07 Å². The second kappa shape index (κ2) is 4.66. The maximum atomic E-state index is 12.4. The third-order valence-corrected chi connectivity index (χ3v) is 5.14. The molecule has 0 bridgehead atoms. The number of hydrogen-bond donors (Lipinski definition) is 1. The molecule has 104 valence electrons. The number of benzene rings is 1. The second-order valence-corrected chi connectivity index (χ2v) is 6.55. The lowest BCUT2D eigenvalue weighted by atomic mass is 10.3. The van der Waals surface area contributed by atoms with Crippen molar-refractivity contribution in [2.24, 2.45) is 0 Å². The molecule has 2 aliphatic rings. The van der Waals surface area contributed by atoms with E-state index in [0.29, 0.717) is 37.7 Å². The zero-order chi connectivity index (χ0) is 13.5. The van der Waals surface area contributed by atoms with Gasteiger partial charge in [0.2, 0.25) is 10.0 Å². The fourth-order valence-electron chi connectivity index (χ4n) is 2.26. The first-order valence-electron chi connectivity index (χ1n) is 6.15. The zero-order valence-corrected chi connectivity index (χ0v) is 11.1. The van der Waals surface area contributed by atoms with Crippen molar-refractivity contribution in [3.8, 4) is 11.5 Å². The third kappa shape index (κ3) is 2.29. The molecule has 1 saturated heterocycles. The average Bonchev–Trinajstić information content (AvgIpc) is 2.85. The molecule has 3 rings (SSSR count). The van der Waals surface area contributed by atoms with Crippen molar-refractivity contribution in [1.29, 1.82) is 0 Å². The van der Waals surface area contributed by atoms with Crippen LogP contribution in [0.1, 0.15) is 6.42 Å². The first-order valence-corrected chi connectivity index (χ1v) is 7.59. The summed E-state index contributed by atoms with van der Waals surface area (Å²) in [4.78, 5) is 0.172. The molecule has 2 aliphatic heterocycles. The molecular weight excluding hydrogens is 270 g/mol. The summed E-state index contributed by atoms with van der Waals surface area (Å²) in [6, 6.07) is 4.59. The number of β-amino-alcohol motifs (C(OH)–C–C–N with tert-alkyl or cyclic N) is 1. The van der Waals surface area contributed by atoms with E-state index in [2.05, 4.69) is 0 Å². The van der Waals surface area contributed by atoms with Crippen LogP contribution >= 0.6 is 0 Å². The number of fused-ring (bicyclic) bond motifs is 1. The van der Waals surface area contributed by atoms with Crippen molar-refractivity contribution < 1.29 is 23.0 Å². The largest absolute Gasteiger partial charge is 0.486 e. The Balaban J connectivity index is 1.93. The van der Waals surface area contributed by atoms with E-state index in [9.17, 15) is 13.5 Å². The Hall–Kier alpha value is -1.31. The number of aliphatic hydroxyl groups excluding tert-OH is 1. The molecule has 0 aliphatic carbocycles. The molecule has 2 heterocycles. The molecule has 0 aromatic heterocycles. The summed E-state index contributed by atoms with van der Waals surface area (Å²) in [5.74, 6) is 1.01. The van der Waals surface area contributed by atoms with Crippen LogP contribution in [0, 0.1) is 0 Å². The van der Waals surface area contributed by atoms with Gasteiger partial charge in [-0.15, -0.1) is 0 Å². The Morgan fingerprint density at radius 1 is 1.21 bits per heavy atom. The Kier molecular flexibility index (Phi) is 3.12. The van der Waals surface area contributed by atoms with Crippen molar-refractivity contribution in [3.05, 3.63) is 18.2 Å². The van der Waals surface area contributed by atoms with E-state index in [4.69, 9.17) is 9.47 Å². The molecule has 1 aromatic rings. The van der Waals surface area contributed by atoms with Crippen LogP contribution in [0.25, 0.3) is 0 Å². The van der Waals surface area contributed by atoms with Gasteiger partial charge in [0.05, 0.1) is 11.0 Å². The van der Waals surface area contributed by atoms with Gasteiger partial charge in [0, 0.05) is 19.2 Å². The van der Waals surface area contributed by atoms with Crippen LogP contribution in [-0.2, 0) is 10.0 Å². The standard InChI is InChI=1S/C12H15NO5S/c14-9-3-4-13(8-9)19(15,16)10-1-2-11-12(7-10)18-6-5-17-11/h1-2,7,9,14H,3-6,8H2. The molecule has 1 atom stereocenters. The lowest BCUT2D eigenvalue weighted by molar-refractivity contribution is 0.171. The molecule has 19 heavy (non-hydrogen) atoms. The lowest BCUT2D eigenvalue weighted by Gasteiger charge is -2.20. The van der Waals surface area contributed by atoms with Gasteiger partial charge in [0.25, 0.3) is 0 Å². The molecule has 1 aromatic carbocycles. The number of rotatable bonds is 2. The molecule has 1 unspecified atom stereocenters. The fraction of sp³-hybridized carbons (Fsp3) is 0.500. The SMILES string of the molecule is O=S(=O)(c1ccc2c(c1)OCCO2)N1CCC(O)C1. The summed E-state index contributed by atoms with van der Waals surface area (Å²) in [5.41, 5.74) is 0. The Morgan fingerprint density at radius 3 is 2.63 bits per heavy atom. The number of sulfonamides is 1. The van der Waals surface area contributed by atoms with E-state index in [-0.39, 0.29) is 11.4 Å². The summed E-state index contributed by atoms with van der Waals surface area (Å²) in [7, 11) is -3.57. The first kappa shape index (κ1) is 12.7. The maximum Gasteiger partial charge on any atom is 0.243 e. The van der Waals surface area contributed by atoms with Crippen LogP contribution < -0.4 is 9.47 Å². The molecule has 1 N–H and O–H groups in total. The Morgan fingerprint density at radius 2 is 1.95 bits per heavy atom. The summed E-state index contributed by atoms with van der Waals surface area (Å²) in [6.07, 6.45) is -0.101. The van der Waals surface area contributed by atoms with Crippen molar-refractivity contribution in [2.45, 2.75) is 17.4 Å². The number of aliphatic hydroxyl groups is 1. The van der Waals surface area contributed by atoms with Gasteiger partial charge in [0.15, 0.2) is 11.5 Å². The minimum absolute atomic E-state index is 0.150. The highest BCUT2D eigenvalue weighted by molar-refractivity contribution is 7.89. The average molecular weight is 285 g/mol. The van der Waals surface area contributed by atoms with Crippen LogP contribution in [0.5, 0.6) is 11.5 Å². The van der Waals surface area contributed by atoms with Crippen molar-refractivity contribution in [3.63, 3.8) is 0 Å². The molecule has 7 heteroatoms. The summed E-state index contributed by atoms with van der Waals surface area (Å²) < 4.78 is 36.8. The summed E-state index contributed by atoms with van der Waals surface area (Å²) in [5, 5.41) is 9.45. The van der Waals surface area contributed by atoms with Crippen molar-refractivity contribution in [2.75, 3.05) is 26.3 Å². The second-order valence-electron chi connectivity index (χ2n) is 4.61. The Bertz CT molecular complexity index is 586. The molecule has 0 saturated carbocycles. The van der Waals surface area contributed by atoms with Crippen LogP contribution in [0.15, 0.2) is 23.1 Å². The molecule has 0 radical (unpaired) electrons.